The first-order valence-corrected chi connectivity index (χ1v) is 28.2. The first kappa shape index (κ1) is 51.7. The summed E-state index contributed by atoms with van der Waals surface area (Å²) in [4.78, 5) is 5.64. The number of nitrogens with zero attached hydrogens (tertiary/aromatic N) is 2. The third-order valence-electron chi connectivity index (χ3n) is 24.4. The molecule has 3 N–H and O–H groups in total. The van der Waals surface area contributed by atoms with Gasteiger partial charge >= 0.3 is 0 Å². The molecular weight excluding hydrogens is 964 g/mol. The van der Waals surface area contributed by atoms with Gasteiger partial charge in [-0.2, -0.15) is 0 Å². The number of fused-ring (bicyclic) bond motifs is 4. The maximum absolute atomic E-state index is 13.6. The number of halogens is 2. The Morgan fingerprint density at radius 2 is 1.14 bits per heavy atom. The number of hydrogen-bond donors (Lipinski definition) is 3. The second-order valence-corrected chi connectivity index (χ2v) is 28.4. The summed E-state index contributed by atoms with van der Waals surface area (Å²) in [6.07, 6.45) is 13.3. The van der Waals surface area contributed by atoms with Crippen molar-refractivity contribution >= 4 is 24.8 Å². The molecule has 10 aliphatic carbocycles. The second-order valence-electron chi connectivity index (χ2n) is 28.4. The second kappa shape index (κ2) is 15.8. The molecule has 14 aliphatic rings. The molecule has 14 atom stereocenters. The summed E-state index contributed by atoms with van der Waals surface area (Å²) in [7, 11) is 3.61. The van der Waals surface area contributed by atoms with Crippen LogP contribution < -0.4 is 18.9 Å². The van der Waals surface area contributed by atoms with Gasteiger partial charge in [0, 0.05) is 78.1 Å². The number of hydrogen-bond acceptors (Lipinski definition) is 11. The van der Waals surface area contributed by atoms with E-state index >= 15 is 0 Å². The van der Waals surface area contributed by atoms with Crippen molar-refractivity contribution in [3.8, 4) is 23.0 Å². The molecule has 4 aliphatic heterocycles. The fourth-order valence-electron chi connectivity index (χ4n) is 19.8. The molecule has 404 valence electrons. The Kier molecular flexibility index (Phi) is 11.2. The van der Waals surface area contributed by atoms with Crippen LogP contribution in [0.25, 0.3) is 0 Å². The van der Waals surface area contributed by atoms with Gasteiger partial charge in [-0.05, 0) is 163 Å². The first-order chi connectivity index (χ1) is 33.6. The maximum Gasteiger partial charge on any atom is 0.166 e. The molecule has 4 spiro atoms. The Morgan fingerprint density at radius 1 is 0.630 bits per heavy atom. The van der Waals surface area contributed by atoms with Crippen molar-refractivity contribution in [2.24, 2.45) is 39.4 Å². The summed E-state index contributed by atoms with van der Waals surface area (Å²) >= 11 is 0. The minimum atomic E-state index is -1.56. The van der Waals surface area contributed by atoms with Gasteiger partial charge in [0.2, 0.25) is 0 Å². The lowest BCUT2D eigenvalue weighted by molar-refractivity contribution is -0.376. The predicted molar refractivity (Wildman–Crippen MR) is 284 cm³/mol. The van der Waals surface area contributed by atoms with Crippen LogP contribution >= 0.6 is 24.8 Å². The van der Waals surface area contributed by atoms with Crippen LogP contribution in [0, 0.1) is 39.4 Å². The third-order valence-corrected chi connectivity index (χ3v) is 24.4. The number of rotatable bonds is 13. The molecule has 11 nitrogen and oxygen atoms in total. The van der Waals surface area contributed by atoms with Gasteiger partial charge < -0.3 is 43.7 Å². The van der Waals surface area contributed by atoms with Gasteiger partial charge in [-0.1, -0.05) is 53.7 Å². The highest BCUT2D eigenvalue weighted by Gasteiger charge is 2.87. The molecule has 0 radical (unpaired) electrons. The molecule has 2 aromatic rings. The van der Waals surface area contributed by atoms with Crippen LogP contribution in [0.3, 0.4) is 0 Å². The Morgan fingerprint density at radius 3 is 1.63 bits per heavy atom. The topological polar surface area (TPSA) is 123 Å². The molecule has 0 aromatic heterocycles. The van der Waals surface area contributed by atoms with E-state index in [1.807, 2.05) is 34.8 Å². The van der Waals surface area contributed by atoms with Crippen LogP contribution in [0.5, 0.6) is 23.0 Å². The number of benzene rings is 2. The Hall–Kier alpha value is -2.06. The lowest BCUT2D eigenvalue weighted by Gasteiger charge is -2.77. The van der Waals surface area contributed by atoms with E-state index in [1.54, 1.807) is 7.11 Å². The molecule has 8 saturated carbocycles. The fraction of sp³-hybridized carbons (Fsp3) is 0.800. The highest BCUT2D eigenvalue weighted by atomic mass is 35.5. The van der Waals surface area contributed by atoms with Gasteiger partial charge in [-0.15, -0.1) is 24.8 Å². The molecule has 73 heavy (non-hydrogen) atoms. The van der Waals surface area contributed by atoms with Gasteiger partial charge in [0.1, 0.15) is 42.2 Å². The number of ether oxygens (including phenoxy) is 6. The Labute approximate surface area is 447 Å². The minimum Gasteiger partial charge on any atom is -0.486 e. The van der Waals surface area contributed by atoms with Crippen molar-refractivity contribution in [3.05, 3.63) is 46.5 Å². The van der Waals surface area contributed by atoms with Crippen molar-refractivity contribution < 1.29 is 43.7 Å². The largest absolute Gasteiger partial charge is 0.486 e. The summed E-state index contributed by atoms with van der Waals surface area (Å²) in [6, 6.07) is 9.53. The summed E-state index contributed by atoms with van der Waals surface area (Å²) in [5.74, 6) is 4.62. The van der Waals surface area contributed by atoms with E-state index in [9.17, 15) is 15.3 Å². The van der Waals surface area contributed by atoms with E-state index in [2.05, 4.69) is 61.8 Å². The molecule has 4 heterocycles. The molecule has 2 saturated heterocycles. The smallest absolute Gasteiger partial charge is 0.166 e. The molecular formula is C60H86Cl2N2O9. The van der Waals surface area contributed by atoms with Crippen LogP contribution in [0.15, 0.2) is 24.3 Å². The van der Waals surface area contributed by atoms with Gasteiger partial charge in [0.25, 0.3) is 0 Å². The zero-order chi connectivity index (χ0) is 49.5. The van der Waals surface area contributed by atoms with E-state index in [1.165, 1.54) is 54.5 Å². The van der Waals surface area contributed by atoms with E-state index in [0.29, 0.717) is 37.8 Å². The zero-order valence-corrected chi connectivity index (χ0v) is 47.1. The number of piperidine rings is 2. The van der Waals surface area contributed by atoms with E-state index in [4.69, 9.17) is 28.4 Å². The first-order valence-electron chi connectivity index (χ1n) is 28.2. The third kappa shape index (κ3) is 5.90. The number of likely N-dealkylation sites (tertiary alicyclic amines) is 2. The van der Waals surface area contributed by atoms with Crippen molar-refractivity contribution in [2.75, 3.05) is 53.6 Å². The molecule has 13 heteroatoms. The summed E-state index contributed by atoms with van der Waals surface area (Å²) < 4.78 is 42.4. The van der Waals surface area contributed by atoms with Crippen LogP contribution in [0.2, 0.25) is 0 Å². The highest BCUT2D eigenvalue weighted by molar-refractivity contribution is 5.85. The molecule has 16 rings (SSSR count). The van der Waals surface area contributed by atoms with Crippen molar-refractivity contribution in [1.29, 1.82) is 0 Å². The standard InChI is InChI=1S/C60H84N2O9.2ClH/c1-50(2,3)52(7,63)41-31-54-19-21-58(41,66-9)48-56(54)23-25-61(32-35-11-12-35)42(54)29-37-15-17-39(46(70-48)44(37)56)68-27-28-69-40-18-16-38-30-43-55-20-22-59(67-10,60(65,34-55)53(8,64)51(4,5)6)49-57(55,45(38)47(40)71-49)24-26-62(43)33-36-13-14-36;;/h15-18,35-36,41-43,48-49,63-65H,11-14,19-34H2,1-10H3;2*1H/t41-,42-,43-,48-,49-,52+,53-,54-,55-,56+,57+,58+,59-,60+;;/m1../s1. The number of aliphatic hydroxyl groups is 3. The Bertz CT molecular complexity index is 2590. The fourth-order valence-corrected chi connectivity index (χ4v) is 19.8. The van der Waals surface area contributed by atoms with Gasteiger partial charge in [-0.25, -0.2) is 0 Å². The molecule has 0 unspecified atom stereocenters. The highest BCUT2D eigenvalue weighted by Crippen LogP contribution is 2.81. The monoisotopic (exact) mass is 1050 g/mol. The van der Waals surface area contributed by atoms with Gasteiger partial charge in [0.15, 0.2) is 23.0 Å². The summed E-state index contributed by atoms with van der Waals surface area (Å²) in [5.41, 5.74) is -2.38. The quantitative estimate of drug-likeness (QED) is 0.167. The van der Waals surface area contributed by atoms with Crippen molar-refractivity contribution in [1.82, 2.24) is 9.80 Å². The average Bonchev–Trinajstić information content (AvgIpc) is 4.26. The Balaban J connectivity index is 0.00000271. The average molecular weight is 1050 g/mol. The van der Waals surface area contributed by atoms with Crippen molar-refractivity contribution in [2.45, 2.75) is 208 Å². The van der Waals surface area contributed by atoms with E-state index in [0.717, 1.165) is 100 Å². The van der Waals surface area contributed by atoms with Crippen molar-refractivity contribution in [3.63, 3.8) is 0 Å². The summed E-state index contributed by atoms with van der Waals surface area (Å²) in [5, 5.41) is 39.1. The van der Waals surface area contributed by atoms with Crippen LogP contribution in [0.4, 0.5) is 0 Å². The molecule has 2 aromatic carbocycles. The number of methoxy groups -OCH3 is 2. The zero-order valence-electron chi connectivity index (χ0n) is 45.5. The minimum absolute atomic E-state index is 0. The lowest BCUT2D eigenvalue weighted by Crippen LogP contribution is -2.89. The van der Waals surface area contributed by atoms with Gasteiger partial charge in [0.05, 0.1) is 11.2 Å². The molecule has 10 fully saturated rings. The summed E-state index contributed by atoms with van der Waals surface area (Å²) in [6.45, 7) is 21.5. The van der Waals surface area contributed by atoms with E-state index in [-0.39, 0.29) is 70.0 Å². The SMILES string of the molecule is CO[C@@]12CC[C@@]3(C[C@@H]1[C@](C)(O)C(C)(C)C)[C@H]1Cc4ccc(OCCOc5ccc6c7c5O[C@@H]5[C@]78CCN(CC7CC7)[C@H](C6)[C@]86CC[C@]5(OC)[C@@](O)([C@](C)(O)C(C)(C)C)C6)c5c4[C@@]3(CCN1CC1CC1)[C@H]2O5.Cl.Cl. The predicted octanol–water partition coefficient (Wildman–Crippen LogP) is 9.15. The van der Waals surface area contributed by atoms with Crippen LogP contribution in [-0.2, 0) is 33.1 Å². The van der Waals surface area contributed by atoms with E-state index < -0.39 is 39.5 Å². The van der Waals surface area contributed by atoms with Crippen LogP contribution in [-0.4, -0.2) is 131 Å². The normalized spacial score (nSPS) is 42.6. The molecule has 0 amide bonds. The van der Waals surface area contributed by atoms with Crippen LogP contribution in [0.1, 0.15) is 155 Å². The maximum atomic E-state index is 13.6. The lowest BCUT2D eigenvalue weighted by atomic mass is 9.32. The van der Waals surface area contributed by atoms with Gasteiger partial charge in [-0.3, -0.25) is 9.80 Å². The molecule has 8 bridgehead atoms.